The summed E-state index contributed by atoms with van der Waals surface area (Å²) in [5.41, 5.74) is 5.45. The Bertz CT molecular complexity index is 621. The molecule has 0 fully saturated rings. The van der Waals surface area contributed by atoms with Crippen molar-refractivity contribution in [1.29, 1.82) is 0 Å². The van der Waals surface area contributed by atoms with E-state index in [1.807, 2.05) is 6.07 Å². The van der Waals surface area contributed by atoms with Crippen molar-refractivity contribution in [2.24, 2.45) is 0 Å². The first-order chi connectivity index (χ1) is 10.2. The topological polar surface area (TPSA) is 91.1 Å². The Morgan fingerprint density at radius 3 is 2.33 bits per heavy atom. The van der Waals surface area contributed by atoms with Gasteiger partial charge in [0.2, 0.25) is 5.91 Å². The Hall–Kier alpha value is -2.89. The van der Waals surface area contributed by atoms with Crippen LogP contribution in [-0.4, -0.2) is 22.6 Å². The van der Waals surface area contributed by atoms with E-state index in [2.05, 4.69) is 15.8 Å². The van der Waals surface area contributed by atoms with Gasteiger partial charge in [-0.2, -0.15) is 0 Å². The van der Waals surface area contributed by atoms with Crippen LogP contribution in [0, 0.1) is 0 Å². The van der Waals surface area contributed by atoms with Crippen LogP contribution in [0.2, 0.25) is 0 Å². The van der Waals surface area contributed by atoms with E-state index < -0.39 is 11.8 Å². The number of hydrogen-bond donors (Lipinski definition) is 3. The third kappa shape index (κ3) is 4.31. The summed E-state index contributed by atoms with van der Waals surface area (Å²) in [7, 11) is 0. The summed E-state index contributed by atoms with van der Waals surface area (Å²) in [6.07, 6.45) is 1.71. The third-order valence-corrected chi connectivity index (χ3v) is 2.83. The summed E-state index contributed by atoms with van der Waals surface area (Å²) in [5.74, 6) is -0.969. The van der Waals surface area contributed by atoms with Crippen LogP contribution in [0.1, 0.15) is 33.7 Å². The molecule has 3 N–H and O–H groups in total. The Labute approximate surface area is 121 Å². The van der Waals surface area contributed by atoms with Crippen molar-refractivity contribution in [1.82, 2.24) is 15.8 Å². The number of aromatic amines is 1. The zero-order valence-corrected chi connectivity index (χ0v) is 11.3. The van der Waals surface area contributed by atoms with E-state index in [0.29, 0.717) is 11.3 Å². The van der Waals surface area contributed by atoms with Crippen LogP contribution < -0.4 is 10.9 Å². The van der Waals surface area contributed by atoms with Crippen LogP contribution in [-0.2, 0) is 4.79 Å². The maximum absolute atomic E-state index is 11.8. The number of Topliss-reactive ketones (excluding diaryl/α,β-unsaturated/α-hetero) is 1. The molecule has 1 aromatic heterocycles. The Balaban J connectivity index is 1.73. The van der Waals surface area contributed by atoms with Gasteiger partial charge in [-0.05, 0) is 12.1 Å². The molecular formula is C15H15N3O3. The second-order valence-electron chi connectivity index (χ2n) is 4.38. The molecule has 0 bridgehead atoms. The average Bonchev–Trinajstić information content (AvgIpc) is 3.05. The average molecular weight is 285 g/mol. The van der Waals surface area contributed by atoms with E-state index in [1.165, 1.54) is 0 Å². The number of hydrazine groups is 1. The highest BCUT2D eigenvalue weighted by Gasteiger charge is 2.10. The Kier molecular flexibility index (Phi) is 4.87. The van der Waals surface area contributed by atoms with Gasteiger partial charge in [0.15, 0.2) is 5.78 Å². The molecule has 21 heavy (non-hydrogen) atoms. The summed E-state index contributed by atoms with van der Waals surface area (Å²) in [6, 6.07) is 12.0. The van der Waals surface area contributed by atoms with Gasteiger partial charge in [-0.3, -0.25) is 25.2 Å². The van der Waals surface area contributed by atoms with Gasteiger partial charge in [0.05, 0.1) is 0 Å². The lowest BCUT2D eigenvalue weighted by atomic mass is 10.1. The first kappa shape index (κ1) is 14.5. The SMILES string of the molecule is O=C(CCC(=O)c1ccccc1)NNC(=O)c1ccc[nH]1. The minimum atomic E-state index is -0.442. The standard InChI is InChI=1S/C15H15N3O3/c19-13(11-5-2-1-3-6-11)8-9-14(20)17-18-15(21)12-7-4-10-16-12/h1-7,10,16H,8-9H2,(H,17,20)(H,18,21). The molecule has 0 aliphatic rings. The molecular weight excluding hydrogens is 270 g/mol. The van der Waals surface area contributed by atoms with Gasteiger partial charge >= 0.3 is 0 Å². The summed E-state index contributed by atoms with van der Waals surface area (Å²) in [6.45, 7) is 0. The highest BCUT2D eigenvalue weighted by atomic mass is 16.2. The van der Waals surface area contributed by atoms with E-state index in [1.54, 1.807) is 42.6 Å². The predicted octanol–water partition coefficient (Wildman–Crippen LogP) is 1.44. The predicted molar refractivity (Wildman–Crippen MR) is 76.4 cm³/mol. The lowest BCUT2D eigenvalue weighted by Crippen LogP contribution is -2.41. The molecule has 1 heterocycles. The molecule has 0 unspecified atom stereocenters. The van der Waals surface area contributed by atoms with Crippen molar-refractivity contribution in [2.45, 2.75) is 12.8 Å². The summed E-state index contributed by atoms with van der Waals surface area (Å²) >= 11 is 0. The number of H-pyrrole nitrogens is 1. The number of carbonyl (C=O) groups excluding carboxylic acids is 3. The molecule has 0 aliphatic heterocycles. The Morgan fingerprint density at radius 1 is 0.905 bits per heavy atom. The molecule has 6 heteroatoms. The van der Waals surface area contributed by atoms with E-state index in [-0.39, 0.29) is 18.6 Å². The number of benzene rings is 1. The second-order valence-corrected chi connectivity index (χ2v) is 4.38. The minimum absolute atomic E-state index is 0.0126. The summed E-state index contributed by atoms with van der Waals surface area (Å²) < 4.78 is 0. The first-order valence-corrected chi connectivity index (χ1v) is 6.47. The molecule has 0 radical (unpaired) electrons. The highest BCUT2D eigenvalue weighted by molar-refractivity contribution is 5.98. The maximum Gasteiger partial charge on any atom is 0.286 e. The van der Waals surface area contributed by atoms with Crippen LogP contribution in [0.4, 0.5) is 0 Å². The molecule has 2 amide bonds. The smallest absolute Gasteiger partial charge is 0.286 e. The van der Waals surface area contributed by atoms with Gasteiger partial charge in [-0.25, -0.2) is 0 Å². The van der Waals surface area contributed by atoms with Crippen molar-refractivity contribution < 1.29 is 14.4 Å². The van der Waals surface area contributed by atoms with Gasteiger partial charge in [0.25, 0.3) is 5.91 Å². The van der Waals surface area contributed by atoms with E-state index in [9.17, 15) is 14.4 Å². The number of aromatic nitrogens is 1. The first-order valence-electron chi connectivity index (χ1n) is 6.47. The van der Waals surface area contributed by atoms with Gasteiger partial charge in [-0.15, -0.1) is 0 Å². The molecule has 0 atom stereocenters. The second kappa shape index (κ2) is 7.04. The fourth-order valence-corrected chi connectivity index (χ4v) is 1.72. The lowest BCUT2D eigenvalue weighted by Gasteiger charge is -2.06. The summed E-state index contributed by atoms with van der Waals surface area (Å²) in [4.78, 5) is 37.6. The van der Waals surface area contributed by atoms with Gasteiger partial charge < -0.3 is 4.98 Å². The van der Waals surface area contributed by atoms with Gasteiger partial charge in [-0.1, -0.05) is 30.3 Å². The molecule has 1 aromatic carbocycles. The third-order valence-electron chi connectivity index (χ3n) is 2.83. The van der Waals surface area contributed by atoms with E-state index >= 15 is 0 Å². The van der Waals surface area contributed by atoms with Crippen LogP contribution in [0.3, 0.4) is 0 Å². The molecule has 108 valence electrons. The monoisotopic (exact) mass is 285 g/mol. The molecule has 2 rings (SSSR count). The Morgan fingerprint density at radius 2 is 1.67 bits per heavy atom. The van der Waals surface area contributed by atoms with Crippen molar-refractivity contribution in [3.05, 3.63) is 59.9 Å². The van der Waals surface area contributed by atoms with Crippen molar-refractivity contribution in [3.63, 3.8) is 0 Å². The number of nitrogens with one attached hydrogen (secondary N) is 3. The highest BCUT2D eigenvalue weighted by Crippen LogP contribution is 2.04. The zero-order valence-electron chi connectivity index (χ0n) is 11.3. The fourth-order valence-electron chi connectivity index (χ4n) is 1.72. The van der Waals surface area contributed by atoms with Crippen molar-refractivity contribution in [2.75, 3.05) is 0 Å². The number of carbonyl (C=O) groups is 3. The molecule has 0 saturated heterocycles. The number of amides is 2. The maximum atomic E-state index is 11.8. The number of ketones is 1. The van der Waals surface area contributed by atoms with Gasteiger partial charge in [0.1, 0.15) is 5.69 Å². The van der Waals surface area contributed by atoms with Crippen LogP contribution >= 0.6 is 0 Å². The molecule has 2 aromatic rings. The minimum Gasteiger partial charge on any atom is -0.357 e. The van der Waals surface area contributed by atoms with Crippen LogP contribution in [0.5, 0.6) is 0 Å². The summed E-state index contributed by atoms with van der Waals surface area (Å²) in [5, 5.41) is 0. The molecule has 0 saturated carbocycles. The van der Waals surface area contributed by atoms with Gasteiger partial charge in [0, 0.05) is 24.6 Å². The van der Waals surface area contributed by atoms with Crippen molar-refractivity contribution >= 4 is 17.6 Å². The lowest BCUT2D eigenvalue weighted by molar-refractivity contribution is -0.121. The van der Waals surface area contributed by atoms with Crippen LogP contribution in [0.25, 0.3) is 0 Å². The van der Waals surface area contributed by atoms with Crippen molar-refractivity contribution in [3.8, 4) is 0 Å². The molecule has 6 nitrogen and oxygen atoms in total. The van der Waals surface area contributed by atoms with E-state index in [0.717, 1.165) is 0 Å². The van der Waals surface area contributed by atoms with E-state index in [4.69, 9.17) is 0 Å². The fraction of sp³-hybridized carbons (Fsp3) is 0.133. The normalized spacial score (nSPS) is 9.90. The number of hydrogen-bond acceptors (Lipinski definition) is 3. The molecule has 0 aliphatic carbocycles. The molecule has 0 spiro atoms. The number of rotatable bonds is 5. The van der Waals surface area contributed by atoms with Crippen LogP contribution in [0.15, 0.2) is 48.7 Å². The largest absolute Gasteiger partial charge is 0.357 e. The zero-order chi connectivity index (χ0) is 15.1. The quantitative estimate of drug-likeness (QED) is 0.573.